The number of aliphatic carboxylic acids is 1. The summed E-state index contributed by atoms with van der Waals surface area (Å²) in [6.07, 6.45) is 7.48. The Kier molecular flexibility index (Phi) is 4.50. The number of rotatable bonds is 5. The minimum absolute atomic E-state index is 0.0253. The molecule has 20 heavy (non-hydrogen) atoms. The first-order chi connectivity index (χ1) is 9.67. The van der Waals surface area contributed by atoms with Gasteiger partial charge in [-0.1, -0.05) is 24.3 Å². The fourth-order valence-electron chi connectivity index (χ4n) is 1.75. The Balaban J connectivity index is 2.04. The topological polar surface area (TPSA) is 50.4 Å². The number of hydrogen-bond donors (Lipinski definition) is 1. The molecule has 1 heterocycles. The predicted molar refractivity (Wildman–Crippen MR) is 76.2 cm³/mol. The highest BCUT2D eigenvalue weighted by Gasteiger charge is 2.05. The lowest BCUT2D eigenvalue weighted by molar-refractivity contribution is -0.685. The van der Waals surface area contributed by atoms with Gasteiger partial charge in [0.1, 0.15) is 5.75 Å². The molecule has 2 rings (SSSR count). The molecule has 0 saturated carbocycles. The molecular weight excluding hydrogens is 254 g/mol. The molecule has 0 aliphatic heterocycles. The van der Waals surface area contributed by atoms with E-state index in [1.165, 1.54) is 0 Å². The predicted octanol–water partition coefficient (Wildman–Crippen LogP) is 2.24. The number of hydrogen-bond acceptors (Lipinski definition) is 2. The molecule has 1 aromatic carbocycles. The number of carbonyl (C=O) groups is 1. The van der Waals surface area contributed by atoms with Crippen molar-refractivity contribution in [3.8, 4) is 5.75 Å². The van der Waals surface area contributed by atoms with E-state index in [0.717, 1.165) is 16.9 Å². The first-order valence-electron chi connectivity index (χ1n) is 6.20. The van der Waals surface area contributed by atoms with Gasteiger partial charge in [0.15, 0.2) is 12.4 Å². The largest absolute Gasteiger partial charge is 0.497 e. The van der Waals surface area contributed by atoms with Crippen molar-refractivity contribution in [2.45, 2.75) is 6.54 Å². The standard InChI is InChI=1S/C16H15NO3/c1-20-15-6-4-13(5-7-15)2-3-14-8-10-17(11-9-14)12-16(18)19/h2-11H,12H2,1H3/p+1/b3-2-. The molecule has 0 radical (unpaired) electrons. The van der Waals surface area contributed by atoms with Crippen molar-refractivity contribution in [2.24, 2.45) is 0 Å². The third-order valence-corrected chi connectivity index (χ3v) is 2.82. The second kappa shape index (κ2) is 6.52. The Morgan fingerprint density at radius 1 is 1.10 bits per heavy atom. The van der Waals surface area contributed by atoms with Crippen LogP contribution in [0, 0.1) is 0 Å². The van der Waals surface area contributed by atoms with Crippen LogP contribution in [0.5, 0.6) is 5.75 Å². The highest BCUT2D eigenvalue weighted by Crippen LogP contribution is 2.13. The zero-order chi connectivity index (χ0) is 14.4. The Labute approximate surface area is 117 Å². The zero-order valence-corrected chi connectivity index (χ0v) is 11.2. The number of methoxy groups -OCH3 is 1. The molecule has 0 atom stereocenters. The average molecular weight is 270 g/mol. The van der Waals surface area contributed by atoms with Gasteiger partial charge in [-0.2, -0.15) is 4.57 Å². The summed E-state index contributed by atoms with van der Waals surface area (Å²) in [6.45, 7) is -0.0253. The van der Waals surface area contributed by atoms with Gasteiger partial charge in [0, 0.05) is 12.1 Å². The Bertz CT molecular complexity index is 601. The Morgan fingerprint density at radius 3 is 2.15 bits per heavy atom. The first-order valence-corrected chi connectivity index (χ1v) is 6.20. The smallest absolute Gasteiger partial charge is 0.370 e. The number of carboxylic acid groups (broad SMARTS) is 1. The van der Waals surface area contributed by atoms with Gasteiger partial charge in [0.2, 0.25) is 6.54 Å². The molecule has 0 fully saturated rings. The van der Waals surface area contributed by atoms with Crippen LogP contribution in [0.25, 0.3) is 12.2 Å². The number of aromatic nitrogens is 1. The molecule has 0 aliphatic rings. The maximum absolute atomic E-state index is 10.6. The normalized spacial score (nSPS) is 10.7. The van der Waals surface area contributed by atoms with Crippen LogP contribution in [0.3, 0.4) is 0 Å². The minimum Gasteiger partial charge on any atom is -0.497 e. The lowest BCUT2D eigenvalue weighted by Crippen LogP contribution is -2.36. The van der Waals surface area contributed by atoms with E-state index < -0.39 is 5.97 Å². The molecule has 2 aromatic rings. The van der Waals surface area contributed by atoms with E-state index in [0.29, 0.717) is 0 Å². The van der Waals surface area contributed by atoms with Crippen molar-refractivity contribution in [3.05, 3.63) is 59.9 Å². The van der Waals surface area contributed by atoms with Crippen LogP contribution >= 0.6 is 0 Å². The van der Waals surface area contributed by atoms with E-state index in [2.05, 4.69) is 0 Å². The molecule has 0 saturated heterocycles. The maximum Gasteiger partial charge on any atom is 0.370 e. The number of benzene rings is 1. The molecule has 1 aromatic heterocycles. The molecule has 102 valence electrons. The van der Waals surface area contributed by atoms with Crippen LogP contribution in [0.15, 0.2) is 48.8 Å². The highest BCUT2D eigenvalue weighted by atomic mass is 16.5. The third kappa shape index (κ3) is 3.95. The van der Waals surface area contributed by atoms with E-state index >= 15 is 0 Å². The van der Waals surface area contributed by atoms with Crippen LogP contribution in [0.4, 0.5) is 0 Å². The van der Waals surface area contributed by atoms with E-state index in [1.807, 2.05) is 48.6 Å². The Morgan fingerprint density at radius 2 is 1.65 bits per heavy atom. The highest BCUT2D eigenvalue weighted by molar-refractivity contribution is 5.69. The van der Waals surface area contributed by atoms with E-state index in [4.69, 9.17) is 9.84 Å². The second-order valence-electron chi connectivity index (χ2n) is 4.30. The quantitative estimate of drug-likeness (QED) is 0.848. The fourth-order valence-corrected chi connectivity index (χ4v) is 1.75. The number of ether oxygens (including phenoxy) is 1. The average Bonchev–Trinajstić information content (AvgIpc) is 2.46. The molecule has 0 bridgehead atoms. The number of pyridine rings is 1. The monoisotopic (exact) mass is 270 g/mol. The minimum atomic E-state index is -0.850. The van der Waals surface area contributed by atoms with E-state index in [9.17, 15) is 4.79 Å². The zero-order valence-electron chi connectivity index (χ0n) is 11.2. The fraction of sp³-hybridized carbons (Fsp3) is 0.125. The van der Waals surface area contributed by atoms with Crippen LogP contribution in [0.1, 0.15) is 11.1 Å². The molecule has 4 heteroatoms. The van der Waals surface area contributed by atoms with Gasteiger partial charge in [0.25, 0.3) is 0 Å². The van der Waals surface area contributed by atoms with Gasteiger partial charge in [-0.3, -0.25) is 0 Å². The van der Waals surface area contributed by atoms with Gasteiger partial charge in [-0.15, -0.1) is 0 Å². The van der Waals surface area contributed by atoms with Crippen LogP contribution in [-0.4, -0.2) is 18.2 Å². The maximum atomic E-state index is 10.6. The summed E-state index contributed by atoms with van der Waals surface area (Å²) in [4.78, 5) is 10.6. The van der Waals surface area contributed by atoms with Gasteiger partial charge < -0.3 is 9.84 Å². The number of carboxylic acids is 1. The third-order valence-electron chi connectivity index (χ3n) is 2.82. The van der Waals surface area contributed by atoms with Crippen molar-refractivity contribution >= 4 is 18.1 Å². The van der Waals surface area contributed by atoms with Gasteiger partial charge in [-0.05, 0) is 23.3 Å². The summed E-state index contributed by atoms with van der Waals surface area (Å²) in [6, 6.07) is 11.5. The molecule has 0 spiro atoms. The molecule has 0 aliphatic carbocycles. The van der Waals surface area contributed by atoms with Crippen molar-refractivity contribution < 1.29 is 19.2 Å². The molecule has 0 amide bonds. The summed E-state index contributed by atoms with van der Waals surface area (Å²) in [5, 5.41) is 8.69. The summed E-state index contributed by atoms with van der Waals surface area (Å²) < 4.78 is 6.72. The van der Waals surface area contributed by atoms with Crippen LogP contribution in [0.2, 0.25) is 0 Å². The second-order valence-corrected chi connectivity index (χ2v) is 4.30. The van der Waals surface area contributed by atoms with Gasteiger partial charge >= 0.3 is 5.97 Å². The molecular formula is C16H16NO3+. The molecule has 0 unspecified atom stereocenters. The summed E-state index contributed by atoms with van der Waals surface area (Å²) in [5.41, 5.74) is 2.09. The van der Waals surface area contributed by atoms with E-state index in [-0.39, 0.29) is 6.54 Å². The van der Waals surface area contributed by atoms with Crippen molar-refractivity contribution in [2.75, 3.05) is 7.11 Å². The molecule has 4 nitrogen and oxygen atoms in total. The van der Waals surface area contributed by atoms with Gasteiger partial charge in [0.05, 0.1) is 7.11 Å². The summed E-state index contributed by atoms with van der Waals surface area (Å²) in [5.74, 6) is -0.0203. The van der Waals surface area contributed by atoms with E-state index in [1.54, 1.807) is 24.1 Å². The van der Waals surface area contributed by atoms with Crippen molar-refractivity contribution in [1.82, 2.24) is 0 Å². The first kappa shape index (κ1) is 13.8. The van der Waals surface area contributed by atoms with Crippen LogP contribution < -0.4 is 9.30 Å². The summed E-state index contributed by atoms with van der Waals surface area (Å²) >= 11 is 0. The lowest BCUT2D eigenvalue weighted by atomic mass is 10.1. The van der Waals surface area contributed by atoms with Crippen molar-refractivity contribution in [1.29, 1.82) is 0 Å². The van der Waals surface area contributed by atoms with Crippen molar-refractivity contribution in [3.63, 3.8) is 0 Å². The van der Waals surface area contributed by atoms with Gasteiger partial charge in [-0.25, -0.2) is 4.79 Å². The van der Waals surface area contributed by atoms with Crippen LogP contribution in [-0.2, 0) is 11.3 Å². The lowest BCUT2D eigenvalue weighted by Gasteiger charge is -1.99. The SMILES string of the molecule is COc1ccc(/C=C\c2cc[n+](CC(=O)O)cc2)cc1. The summed E-state index contributed by atoms with van der Waals surface area (Å²) in [7, 11) is 1.64. The number of nitrogens with zero attached hydrogens (tertiary/aromatic N) is 1. The molecule has 1 N–H and O–H groups in total. The Hall–Kier alpha value is -2.62.